The summed E-state index contributed by atoms with van der Waals surface area (Å²) in [5, 5.41) is 3.68. The first kappa shape index (κ1) is 10.1. The maximum Gasteiger partial charge on any atom is 0.0313 e. The molecule has 1 saturated carbocycles. The second-order valence-electron chi connectivity index (χ2n) is 6.33. The fraction of sp³-hybridized carbons (Fsp3) is 0.625. The summed E-state index contributed by atoms with van der Waals surface area (Å²) < 4.78 is 0. The molecule has 5 rings (SSSR count). The lowest BCUT2D eigenvalue weighted by molar-refractivity contribution is 0.260. The van der Waals surface area contributed by atoms with Crippen LogP contribution < -0.4 is 5.32 Å². The second-order valence-corrected chi connectivity index (χ2v) is 6.33. The zero-order valence-corrected chi connectivity index (χ0v) is 10.5. The van der Waals surface area contributed by atoms with Gasteiger partial charge in [0.2, 0.25) is 0 Å². The average Bonchev–Trinajstić information content (AvgIpc) is 2.82. The molecule has 1 nitrogen and oxygen atoms in total. The van der Waals surface area contributed by atoms with E-state index in [1.54, 1.807) is 11.1 Å². The highest BCUT2D eigenvalue weighted by Gasteiger charge is 2.46. The first-order valence-corrected chi connectivity index (χ1v) is 7.11. The van der Waals surface area contributed by atoms with Crippen molar-refractivity contribution in [3.63, 3.8) is 0 Å². The fourth-order valence-electron chi connectivity index (χ4n) is 4.01. The Bertz CT molecular complexity index is 429. The highest BCUT2D eigenvalue weighted by Crippen LogP contribution is 2.57. The van der Waals surface area contributed by atoms with Gasteiger partial charge in [0.15, 0.2) is 0 Å². The smallest absolute Gasteiger partial charge is 0.0313 e. The molecule has 1 heteroatoms. The number of hydrogen-bond donors (Lipinski definition) is 1. The minimum atomic E-state index is 0.630. The van der Waals surface area contributed by atoms with Gasteiger partial charge in [-0.25, -0.2) is 0 Å². The minimum Gasteiger partial charge on any atom is -0.306 e. The molecule has 5 aliphatic carbocycles. The Morgan fingerprint density at radius 2 is 2.24 bits per heavy atom. The van der Waals surface area contributed by atoms with E-state index in [1.807, 2.05) is 0 Å². The van der Waals surface area contributed by atoms with Crippen molar-refractivity contribution in [1.82, 2.24) is 5.32 Å². The summed E-state index contributed by atoms with van der Waals surface area (Å²) in [4.78, 5) is 0. The normalized spacial score (nSPS) is 45.6. The summed E-state index contributed by atoms with van der Waals surface area (Å²) in [5.41, 5.74) is 3.45. The van der Waals surface area contributed by atoms with Crippen molar-refractivity contribution in [2.45, 2.75) is 32.2 Å². The molecule has 5 unspecified atom stereocenters. The standard InChI is InChI=1S/C16H21N/c1-10-2-5-16(10)17-9-11-3-4-12-7-13-8-15(12)14(13)6-11/h2-3,5,7,10,12,14-17H,4,6,8-9H2,1H3. The van der Waals surface area contributed by atoms with Crippen molar-refractivity contribution in [1.29, 1.82) is 0 Å². The average molecular weight is 227 g/mol. The molecular formula is C16H21N. The van der Waals surface area contributed by atoms with Crippen LogP contribution in [-0.2, 0) is 0 Å². The Balaban J connectivity index is 1.38. The zero-order valence-electron chi connectivity index (χ0n) is 10.5. The molecule has 5 aliphatic rings. The Hall–Kier alpha value is -0.820. The van der Waals surface area contributed by atoms with Gasteiger partial charge < -0.3 is 5.32 Å². The Morgan fingerprint density at radius 1 is 1.29 bits per heavy atom. The largest absolute Gasteiger partial charge is 0.306 e. The van der Waals surface area contributed by atoms with Crippen molar-refractivity contribution in [3.8, 4) is 0 Å². The number of hydrogen-bond acceptors (Lipinski definition) is 1. The van der Waals surface area contributed by atoms with Crippen molar-refractivity contribution in [2.75, 3.05) is 6.54 Å². The monoisotopic (exact) mass is 227 g/mol. The Morgan fingerprint density at radius 3 is 3.00 bits per heavy atom. The summed E-state index contributed by atoms with van der Waals surface area (Å²) in [6.45, 7) is 3.41. The molecule has 0 radical (unpaired) electrons. The van der Waals surface area contributed by atoms with E-state index in [1.165, 1.54) is 19.3 Å². The summed E-state index contributed by atoms with van der Waals surface area (Å²) in [6, 6.07) is 0.630. The molecule has 0 aromatic rings. The summed E-state index contributed by atoms with van der Waals surface area (Å²) in [5.74, 6) is 3.58. The second kappa shape index (κ2) is 3.58. The highest BCUT2D eigenvalue weighted by molar-refractivity contribution is 5.34. The maximum atomic E-state index is 3.68. The van der Waals surface area contributed by atoms with E-state index in [2.05, 4.69) is 36.5 Å². The molecule has 90 valence electrons. The molecule has 0 spiro atoms. The topological polar surface area (TPSA) is 12.0 Å². The van der Waals surface area contributed by atoms with Crippen LogP contribution >= 0.6 is 0 Å². The molecule has 0 saturated heterocycles. The van der Waals surface area contributed by atoms with E-state index < -0.39 is 0 Å². The molecule has 0 aliphatic heterocycles. The van der Waals surface area contributed by atoms with Gasteiger partial charge in [0.1, 0.15) is 0 Å². The van der Waals surface area contributed by atoms with Gasteiger partial charge >= 0.3 is 0 Å². The van der Waals surface area contributed by atoms with E-state index >= 15 is 0 Å². The van der Waals surface area contributed by atoms with Crippen LogP contribution in [-0.4, -0.2) is 12.6 Å². The molecule has 5 atom stereocenters. The zero-order chi connectivity index (χ0) is 11.4. The van der Waals surface area contributed by atoms with Gasteiger partial charge in [-0.2, -0.15) is 0 Å². The van der Waals surface area contributed by atoms with Crippen LogP contribution in [0.25, 0.3) is 0 Å². The number of allylic oxidation sites excluding steroid dienone is 3. The number of rotatable bonds is 3. The van der Waals surface area contributed by atoms with Gasteiger partial charge in [0, 0.05) is 12.6 Å². The lowest BCUT2D eigenvalue weighted by Gasteiger charge is -2.35. The molecule has 1 N–H and O–H groups in total. The number of nitrogens with one attached hydrogen (secondary N) is 1. The third-order valence-electron chi connectivity index (χ3n) is 5.36. The molecule has 0 aromatic heterocycles. The van der Waals surface area contributed by atoms with Crippen molar-refractivity contribution in [3.05, 3.63) is 35.5 Å². The first-order valence-electron chi connectivity index (χ1n) is 7.11. The third kappa shape index (κ3) is 1.48. The SMILES string of the molecule is CC1C=CC1NCC1=CCC2C=C3CC2C3C1. The third-order valence-corrected chi connectivity index (χ3v) is 5.36. The van der Waals surface area contributed by atoms with Gasteiger partial charge in [-0.3, -0.25) is 0 Å². The van der Waals surface area contributed by atoms with Crippen LogP contribution in [0.1, 0.15) is 26.2 Å². The highest BCUT2D eigenvalue weighted by atomic mass is 14.9. The van der Waals surface area contributed by atoms with Crippen LogP contribution in [0.3, 0.4) is 0 Å². The van der Waals surface area contributed by atoms with Crippen LogP contribution in [0.15, 0.2) is 35.5 Å². The first-order chi connectivity index (χ1) is 8.31. The van der Waals surface area contributed by atoms with E-state index in [9.17, 15) is 0 Å². The summed E-state index contributed by atoms with van der Waals surface area (Å²) in [6.07, 6.45) is 13.8. The van der Waals surface area contributed by atoms with Gasteiger partial charge in [0.25, 0.3) is 0 Å². The lowest BCUT2D eigenvalue weighted by atomic mass is 9.70. The van der Waals surface area contributed by atoms with Gasteiger partial charge in [-0.1, -0.05) is 42.4 Å². The van der Waals surface area contributed by atoms with Crippen molar-refractivity contribution < 1.29 is 0 Å². The van der Waals surface area contributed by atoms with E-state index in [-0.39, 0.29) is 0 Å². The lowest BCUT2D eigenvalue weighted by Crippen LogP contribution is -2.39. The van der Waals surface area contributed by atoms with Crippen LogP contribution in [0.5, 0.6) is 0 Å². The minimum absolute atomic E-state index is 0.630. The predicted octanol–water partition coefficient (Wildman–Crippen LogP) is 3.06. The van der Waals surface area contributed by atoms with Crippen LogP contribution in [0.2, 0.25) is 0 Å². The maximum absolute atomic E-state index is 3.68. The summed E-state index contributed by atoms with van der Waals surface area (Å²) in [7, 11) is 0. The fourth-order valence-corrected chi connectivity index (χ4v) is 4.01. The van der Waals surface area contributed by atoms with Crippen molar-refractivity contribution in [2.24, 2.45) is 23.7 Å². The van der Waals surface area contributed by atoms with Crippen molar-refractivity contribution >= 4 is 0 Å². The van der Waals surface area contributed by atoms with Crippen LogP contribution in [0, 0.1) is 23.7 Å². The molecule has 0 amide bonds. The Kier molecular flexibility index (Phi) is 2.14. The van der Waals surface area contributed by atoms with E-state index in [4.69, 9.17) is 0 Å². The molecule has 1 fully saturated rings. The molecular weight excluding hydrogens is 206 g/mol. The summed E-state index contributed by atoms with van der Waals surface area (Å²) >= 11 is 0. The van der Waals surface area contributed by atoms with Gasteiger partial charge in [-0.15, -0.1) is 0 Å². The van der Waals surface area contributed by atoms with Gasteiger partial charge in [0.05, 0.1) is 0 Å². The molecule has 4 bridgehead atoms. The van der Waals surface area contributed by atoms with Crippen LogP contribution in [0.4, 0.5) is 0 Å². The molecule has 17 heavy (non-hydrogen) atoms. The van der Waals surface area contributed by atoms with Gasteiger partial charge in [-0.05, 0) is 42.9 Å². The quantitative estimate of drug-likeness (QED) is 0.731. The molecule has 0 aromatic carbocycles. The Labute approximate surface area is 104 Å². The molecule has 0 heterocycles. The van der Waals surface area contributed by atoms with E-state index in [0.717, 1.165) is 30.2 Å². The van der Waals surface area contributed by atoms with E-state index in [0.29, 0.717) is 6.04 Å². The predicted molar refractivity (Wildman–Crippen MR) is 70.6 cm³/mol.